The first-order valence-corrected chi connectivity index (χ1v) is 11.9. The number of nitrogen functional groups attached to an aromatic ring is 1. The molecule has 1 aromatic rings. The Morgan fingerprint density at radius 2 is 1.84 bits per heavy atom. The molecule has 0 saturated carbocycles. The summed E-state index contributed by atoms with van der Waals surface area (Å²) in [5.41, 5.74) is 4.39. The van der Waals surface area contributed by atoms with Gasteiger partial charge in [-0.15, -0.1) is 0 Å². The number of hydrogen-bond acceptors (Lipinski definition) is 7. The summed E-state index contributed by atoms with van der Waals surface area (Å²) in [6, 6.07) is 5.15. The summed E-state index contributed by atoms with van der Waals surface area (Å²) in [6.45, 7) is 13.8. The SMILES string of the molecule is CC(C)(C)OC(=O)NC1=NC2(C)c3cc(N)ccc3OC(C)(C)CC2S(=O)(=O)C1(C)C. The zero-order valence-electron chi connectivity index (χ0n) is 19.5. The molecule has 0 radical (unpaired) electrons. The maximum Gasteiger partial charge on any atom is 0.413 e. The van der Waals surface area contributed by atoms with Crippen LogP contribution in [0.2, 0.25) is 0 Å². The van der Waals surface area contributed by atoms with Crippen molar-refractivity contribution in [2.75, 3.05) is 5.73 Å². The molecule has 2 heterocycles. The van der Waals surface area contributed by atoms with Gasteiger partial charge in [0.25, 0.3) is 0 Å². The minimum Gasteiger partial charge on any atom is -0.487 e. The summed E-state index contributed by atoms with van der Waals surface area (Å²) >= 11 is 0. The third-order valence-electron chi connectivity index (χ3n) is 5.86. The first kappa shape index (κ1) is 23.4. The second-order valence-electron chi connectivity index (χ2n) is 10.6. The van der Waals surface area contributed by atoms with E-state index in [1.54, 1.807) is 59.7 Å². The van der Waals surface area contributed by atoms with Crippen LogP contribution in [0, 0.1) is 0 Å². The number of fused-ring (bicyclic) bond motifs is 3. The molecule has 0 aromatic heterocycles. The summed E-state index contributed by atoms with van der Waals surface area (Å²) < 4.78 is 38.0. The van der Waals surface area contributed by atoms with Gasteiger partial charge in [-0.3, -0.25) is 10.3 Å². The van der Waals surface area contributed by atoms with Gasteiger partial charge in [-0.25, -0.2) is 13.2 Å². The van der Waals surface area contributed by atoms with E-state index in [0.29, 0.717) is 17.0 Å². The highest BCUT2D eigenvalue weighted by Crippen LogP contribution is 2.51. The monoisotopic (exact) mass is 451 g/mol. The van der Waals surface area contributed by atoms with Crippen LogP contribution >= 0.6 is 0 Å². The third-order valence-corrected chi connectivity index (χ3v) is 8.85. The van der Waals surface area contributed by atoms with Crippen molar-refractivity contribution in [1.82, 2.24) is 5.32 Å². The van der Waals surface area contributed by atoms with Gasteiger partial charge >= 0.3 is 6.09 Å². The number of nitrogens with two attached hydrogens (primary N) is 1. The minimum atomic E-state index is -3.83. The van der Waals surface area contributed by atoms with E-state index in [0.717, 1.165) is 0 Å². The first-order chi connectivity index (χ1) is 13.9. The molecule has 31 heavy (non-hydrogen) atoms. The number of alkyl carbamates (subject to hydrolysis) is 1. The van der Waals surface area contributed by atoms with E-state index in [1.165, 1.54) is 0 Å². The molecule has 172 valence electrons. The molecule has 2 aliphatic rings. The van der Waals surface area contributed by atoms with Crippen LogP contribution < -0.4 is 15.8 Å². The number of carbonyl (C=O) groups is 1. The predicted molar refractivity (Wildman–Crippen MR) is 121 cm³/mol. The highest BCUT2D eigenvalue weighted by molar-refractivity contribution is 7.94. The Balaban J connectivity index is 2.25. The molecule has 0 spiro atoms. The summed E-state index contributed by atoms with van der Waals surface area (Å²) in [7, 11) is -3.83. The van der Waals surface area contributed by atoms with Crippen molar-refractivity contribution in [3.63, 3.8) is 0 Å². The van der Waals surface area contributed by atoms with Gasteiger partial charge in [0.15, 0.2) is 9.84 Å². The molecule has 2 aliphatic heterocycles. The second-order valence-corrected chi connectivity index (χ2v) is 13.3. The lowest BCUT2D eigenvalue weighted by molar-refractivity contribution is 0.0560. The van der Waals surface area contributed by atoms with Crippen LogP contribution in [0.4, 0.5) is 10.5 Å². The average Bonchev–Trinajstić information content (AvgIpc) is 2.65. The lowest BCUT2D eigenvalue weighted by atomic mass is 9.84. The number of ether oxygens (including phenoxy) is 2. The fraction of sp³-hybridized carbons (Fsp3) is 0.636. The van der Waals surface area contributed by atoms with Crippen LogP contribution in [0.3, 0.4) is 0 Å². The van der Waals surface area contributed by atoms with Crippen molar-refractivity contribution in [3.8, 4) is 5.75 Å². The van der Waals surface area contributed by atoms with Gasteiger partial charge in [0, 0.05) is 17.7 Å². The van der Waals surface area contributed by atoms with E-state index in [2.05, 4.69) is 5.32 Å². The van der Waals surface area contributed by atoms with Crippen LogP contribution in [-0.2, 0) is 20.1 Å². The predicted octanol–water partition coefficient (Wildman–Crippen LogP) is 3.54. The lowest BCUT2D eigenvalue weighted by Gasteiger charge is -2.45. The number of amidine groups is 1. The largest absolute Gasteiger partial charge is 0.487 e. The number of hydrogen-bond donors (Lipinski definition) is 2. The summed E-state index contributed by atoms with van der Waals surface area (Å²) in [6.07, 6.45) is -0.526. The molecule has 1 aromatic carbocycles. The topological polar surface area (TPSA) is 120 Å². The fourth-order valence-electron chi connectivity index (χ4n) is 4.17. The number of sulfone groups is 1. The Kier molecular flexibility index (Phi) is 5.17. The Labute approximate surface area is 184 Å². The summed E-state index contributed by atoms with van der Waals surface area (Å²) in [5.74, 6) is 0.563. The quantitative estimate of drug-likeness (QED) is 0.582. The maximum absolute atomic E-state index is 13.9. The highest BCUT2D eigenvalue weighted by atomic mass is 32.2. The molecule has 0 aliphatic carbocycles. The van der Waals surface area contributed by atoms with Crippen molar-refractivity contribution in [2.45, 2.75) is 88.5 Å². The molecule has 0 fully saturated rings. The van der Waals surface area contributed by atoms with Crippen LogP contribution in [0.15, 0.2) is 23.2 Å². The molecule has 0 saturated heterocycles. The molecular weight excluding hydrogens is 418 g/mol. The molecule has 1 amide bonds. The van der Waals surface area contributed by atoms with Crippen LogP contribution in [0.25, 0.3) is 0 Å². The molecule has 0 bridgehead atoms. The van der Waals surface area contributed by atoms with Gasteiger partial charge in [0.05, 0.1) is 5.25 Å². The smallest absolute Gasteiger partial charge is 0.413 e. The Bertz CT molecular complexity index is 1050. The number of aliphatic imine (C=N–C) groups is 1. The lowest BCUT2D eigenvalue weighted by Crippen LogP contribution is -2.62. The van der Waals surface area contributed by atoms with Crippen LogP contribution in [0.5, 0.6) is 5.75 Å². The van der Waals surface area contributed by atoms with Crippen LogP contribution in [-0.4, -0.2) is 41.5 Å². The zero-order valence-corrected chi connectivity index (χ0v) is 20.3. The van der Waals surface area contributed by atoms with E-state index in [4.69, 9.17) is 20.2 Å². The van der Waals surface area contributed by atoms with Crippen molar-refractivity contribution < 1.29 is 22.7 Å². The Hall–Kier alpha value is -2.29. The summed E-state index contributed by atoms with van der Waals surface area (Å²) in [5, 5.41) is 1.73. The Morgan fingerprint density at radius 1 is 1.23 bits per heavy atom. The minimum absolute atomic E-state index is 0.0357. The van der Waals surface area contributed by atoms with E-state index >= 15 is 0 Å². The average molecular weight is 452 g/mol. The van der Waals surface area contributed by atoms with E-state index in [9.17, 15) is 13.2 Å². The van der Waals surface area contributed by atoms with E-state index in [-0.39, 0.29) is 12.3 Å². The van der Waals surface area contributed by atoms with Gasteiger partial charge in [0.1, 0.15) is 33.1 Å². The number of carbonyl (C=O) groups excluding carboxylic acids is 1. The number of nitrogens with one attached hydrogen (secondary N) is 1. The van der Waals surface area contributed by atoms with Crippen LogP contribution in [0.1, 0.15) is 67.4 Å². The van der Waals surface area contributed by atoms with Crippen molar-refractivity contribution in [2.24, 2.45) is 4.99 Å². The third kappa shape index (κ3) is 4.00. The Morgan fingerprint density at radius 3 is 2.42 bits per heavy atom. The number of rotatable bonds is 0. The number of amides is 1. The fourth-order valence-corrected chi connectivity index (χ4v) is 6.65. The van der Waals surface area contributed by atoms with Gasteiger partial charge in [-0.1, -0.05) is 0 Å². The number of anilines is 1. The van der Waals surface area contributed by atoms with E-state index in [1.807, 2.05) is 13.8 Å². The molecule has 8 nitrogen and oxygen atoms in total. The molecule has 9 heteroatoms. The zero-order chi connectivity index (χ0) is 23.6. The number of nitrogens with zero attached hydrogens (tertiary/aromatic N) is 1. The van der Waals surface area contributed by atoms with E-state index < -0.39 is 42.7 Å². The van der Waals surface area contributed by atoms with Crippen molar-refractivity contribution >= 4 is 27.5 Å². The number of benzene rings is 1. The van der Waals surface area contributed by atoms with Crippen molar-refractivity contribution in [1.29, 1.82) is 0 Å². The van der Waals surface area contributed by atoms with Gasteiger partial charge in [0.2, 0.25) is 0 Å². The highest BCUT2D eigenvalue weighted by Gasteiger charge is 2.60. The van der Waals surface area contributed by atoms with Gasteiger partial charge in [-0.2, -0.15) is 0 Å². The maximum atomic E-state index is 13.9. The molecule has 3 rings (SSSR count). The van der Waals surface area contributed by atoms with Gasteiger partial charge in [-0.05, 0) is 73.6 Å². The first-order valence-electron chi connectivity index (χ1n) is 10.3. The molecular formula is C22H33N3O5S. The molecule has 3 N–H and O–H groups in total. The second kappa shape index (κ2) is 6.85. The molecule has 2 unspecified atom stereocenters. The van der Waals surface area contributed by atoms with Crippen molar-refractivity contribution in [3.05, 3.63) is 23.8 Å². The van der Waals surface area contributed by atoms with Gasteiger partial charge < -0.3 is 15.2 Å². The molecule has 2 atom stereocenters. The summed E-state index contributed by atoms with van der Waals surface area (Å²) in [4.78, 5) is 17.4. The normalized spacial score (nSPS) is 28.1. The standard InChI is InChI=1S/C22H33N3O5S/c1-19(2,3)30-18(26)24-17-21(6,7)31(27,28)16-12-20(4,5)29-15-10-9-13(23)11-14(15)22(16,8)25-17/h9-11,16H,12,23H2,1-8H3,(H,24,25,26).